The molecule has 0 N–H and O–H groups in total. The second-order valence-corrected chi connectivity index (χ2v) is 14.0. The molecule has 3 heteroatoms. The molecule has 0 bridgehead atoms. The molecule has 1 atom stereocenters. The van der Waals surface area contributed by atoms with Crippen LogP contribution in [-0.4, -0.2) is 51.5 Å². The summed E-state index contributed by atoms with van der Waals surface area (Å²) in [7, 11) is 4.30. The van der Waals surface area contributed by atoms with Gasteiger partial charge in [0, 0.05) is 19.8 Å². The number of ether oxygens (including phenoxy) is 2. The summed E-state index contributed by atoms with van der Waals surface area (Å²) in [5.41, 5.74) is 0. The minimum absolute atomic E-state index is 0.240. The molecule has 0 amide bonds. The van der Waals surface area contributed by atoms with Crippen LogP contribution in [0, 0.1) is 0 Å². The maximum atomic E-state index is 6.28. The number of unbranched alkanes of at least 4 members (excludes halogenated alkanes) is 24. The van der Waals surface area contributed by atoms with Gasteiger partial charge in [-0.2, -0.15) is 0 Å². The lowest BCUT2D eigenvalue weighted by molar-refractivity contribution is -0.0248. The first kappa shape index (κ1) is 44.4. The van der Waals surface area contributed by atoms with E-state index in [1.54, 1.807) is 0 Å². The van der Waals surface area contributed by atoms with Crippen molar-refractivity contribution in [3.63, 3.8) is 0 Å². The number of hydrogen-bond acceptors (Lipinski definition) is 3. The molecule has 0 saturated heterocycles. The highest BCUT2D eigenvalue weighted by Crippen LogP contribution is 2.12. The molecule has 0 radical (unpaired) electrons. The lowest BCUT2D eigenvalue weighted by atomic mass is 10.1. The third-order valence-electron chi connectivity index (χ3n) is 9.01. The fraction of sp³-hybridized carbons (Fsp3) is 0.905. The average molecular weight is 634 g/mol. The predicted molar refractivity (Wildman–Crippen MR) is 203 cm³/mol. The molecule has 0 rings (SSSR count). The summed E-state index contributed by atoms with van der Waals surface area (Å²) in [5.74, 6) is 0. The van der Waals surface area contributed by atoms with Crippen LogP contribution in [0.4, 0.5) is 0 Å². The van der Waals surface area contributed by atoms with Crippen molar-refractivity contribution in [1.82, 2.24) is 4.90 Å². The minimum atomic E-state index is 0.240. The van der Waals surface area contributed by atoms with Crippen molar-refractivity contribution < 1.29 is 9.47 Å². The van der Waals surface area contributed by atoms with E-state index >= 15 is 0 Å². The highest BCUT2D eigenvalue weighted by Gasteiger charge is 2.10. The maximum absolute atomic E-state index is 6.28. The molecule has 0 heterocycles. The zero-order valence-corrected chi connectivity index (χ0v) is 31.5. The van der Waals surface area contributed by atoms with Gasteiger partial charge in [-0.15, -0.1) is 0 Å². The third kappa shape index (κ3) is 39.5. The Bertz CT molecular complexity index is 587. The zero-order chi connectivity index (χ0) is 32.7. The Kier molecular flexibility index (Phi) is 39.0. The van der Waals surface area contributed by atoms with Crippen LogP contribution in [0.1, 0.15) is 200 Å². The van der Waals surface area contributed by atoms with E-state index in [2.05, 4.69) is 57.1 Å². The highest BCUT2D eigenvalue weighted by molar-refractivity contribution is 4.82. The lowest BCUT2D eigenvalue weighted by Crippen LogP contribution is -2.26. The molecule has 0 aliphatic heterocycles. The van der Waals surface area contributed by atoms with Gasteiger partial charge in [0.1, 0.15) is 0 Å². The second-order valence-electron chi connectivity index (χ2n) is 14.0. The summed E-state index contributed by atoms with van der Waals surface area (Å²) >= 11 is 0. The normalized spacial score (nSPS) is 12.8. The number of nitrogens with zero attached hydrogens (tertiary/aromatic N) is 1. The van der Waals surface area contributed by atoms with Crippen molar-refractivity contribution in [2.24, 2.45) is 0 Å². The van der Waals surface area contributed by atoms with Crippen LogP contribution in [0.2, 0.25) is 0 Å². The van der Waals surface area contributed by atoms with Gasteiger partial charge in [-0.1, -0.05) is 154 Å². The van der Waals surface area contributed by atoms with Crippen molar-refractivity contribution >= 4 is 0 Å². The molecule has 0 aliphatic carbocycles. The fourth-order valence-electron chi connectivity index (χ4n) is 5.88. The van der Waals surface area contributed by atoms with Crippen molar-refractivity contribution in [3.05, 3.63) is 24.3 Å². The lowest BCUT2D eigenvalue weighted by Gasteiger charge is -2.20. The summed E-state index contributed by atoms with van der Waals surface area (Å²) in [4.78, 5) is 2.26. The molecule has 0 aromatic rings. The molecular weight excluding hydrogens is 550 g/mol. The Hall–Kier alpha value is -0.640. The van der Waals surface area contributed by atoms with Crippen molar-refractivity contribution in [2.75, 3.05) is 40.5 Å². The Labute approximate surface area is 284 Å². The van der Waals surface area contributed by atoms with Crippen LogP contribution in [0.5, 0.6) is 0 Å². The quantitative estimate of drug-likeness (QED) is 0.0499. The Morgan fingerprint density at radius 2 is 0.800 bits per heavy atom. The van der Waals surface area contributed by atoms with Crippen LogP contribution in [-0.2, 0) is 9.47 Å². The van der Waals surface area contributed by atoms with Crippen molar-refractivity contribution in [3.8, 4) is 0 Å². The number of allylic oxidation sites excluding steroid dienone is 4. The smallest absolute Gasteiger partial charge is 0.0820 e. The van der Waals surface area contributed by atoms with Crippen molar-refractivity contribution in [2.45, 2.75) is 206 Å². The Morgan fingerprint density at radius 1 is 0.444 bits per heavy atom. The van der Waals surface area contributed by atoms with E-state index in [9.17, 15) is 0 Å². The van der Waals surface area contributed by atoms with Gasteiger partial charge in [-0.25, -0.2) is 0 Å². The summed E-state index contributed by atoms with van der Waals surface area (Å²) in [6.45, 7) is 8.17. The summed E-state index contributed by atoms with van der Waals surface area (Å²) < 4.78 is 12.4. The highest BCUT2D eigenvalue weighted by atomic mass is 16.5. The van der Waals surface area contributed by atoms with E-state index in [4.69, 9.17) is 9.47 Å². The Balaban J connectivity index is 3.60. The molecule has 0 aromatic heterocycles. The maximum Gasteiger partial charge on any atom is 0.0820 e. The second kappa shape index (κ2) is 39.5. The van der Waals surface area contributed by atoms with E-state index < -0.39 is 0 Å². The summed E-state index contributed by atoms with van der Waals surface area (Å²) in [6, 6.07) is 0. The first-order chi connectivity index (χ1) is 22.2. The van der Waals surface area contributed by atoms with Gasteiger partial charge in [0.05, 0.1) is 12.7 Å². The summed E-state index contributed by atoms with van der Waals surface area (Å²) in [6.07, 6.45) is 48.8. The van der Waals surface area contributed by atoms with E-state index in [0.717, 1.165) is 32.8 Å². The predicted octanol–water partition coefficient (Wildman–Crippen LogP) is 13.4. The van der Waals surface area contributed by atoms with Gasteiger partial charge >= 0.3 is 0 Å². The molecule has 45 heavy (non-hydrogen) atoms. The molecular formula is C42H83NO2. The van der Waals surface area contributed by atoms with E-state index in [-0.39, 0.29) is 6.10 Å². The summed E-state index contributed by atoms with van der Waals surface area (Å²) in [5, 5.41) is 0. The first-order valence-corrected chi connectivity index (χ1v) is 20.3. The zero-order valence-electron chi connectivity index (χ0n) is 31.5. The molecule has 0 fully saturated rings. The number of rotatable bonds is 38. The fourth-order valence-corrected chi connectivity index (χ4v) is 5.88. The third-order valence-corrected chi connectivity index (χ3v) is 9.01. The first-order valence-electron chi connectivity index (χ1n) is 20.3. The SMILES string of the molecule is CCCCCCCCC=CCCCCCCCCOCC(CCN(C)C)OCCCCCCCCC=CCCCCCCCC. The molecule has 268 valence electrons. The van der Waals surface area contributed by atoms with Gasteiger partial charge in [0.15, 0.2) is 0 Å². The Morgan fingerprint density at radius 3 is 1.20 bits per heavy atom. The van der Waals surface area contributed by atoms with Crippen LogP contribution in [0.15, 0.2) is 24.3 Å². The number of hydrogen-bond donors (Lipinski definition) is 0. The largest absolute Gasteiger partial charge is 0.379 e. The average Bonchev–Trinajstić information content (AvgIpc) is 3.04. The minimum Gasteiger partial charge on any atom is -0.379 e. The monoisotopic (exact) mass is 634 g/mol. The molecule has 0 spiro atoms. The molecule has 0 aromatic carbocycles. The molecule has 0 aliphatic rings. The van der Waals surface area contributed by atoms with Gasteiger partial charge < -0.3 is 14.4 Å². The molecule has 3 nitrogen and oxygen atoms in total. The van der Waals surface area contributed by atoms with Gasteiger partial charge in [-0.3, -0.25) is 0 Å². The van der Waals surface area contributed by atoms with E-state index in [1.807, 2.05) is 0 Å². The van der Waals surface area contributed by atoms with Crippen LogP contribution >= 0.6 is 0 Å². The topological polar surface area (TPSA) is 21.7 Å². The van der Waals surface area contributed by atoms with Crippen LogP contribution in [0.25, 0.3) is 0 Å². The van der Waals surface area contributed by atoms with E-state index in [1.165, 1.54) is 180 Å². The standard InChI is InChI=1S/C42H83NO2/c1-5-7-9-11-13-15-17-19-21-23-25-27-29-31-33-35-39-44-41-42(37-38-43(3)4)45-40-36-34-32-30-28-26-24-22-20-18-16-14-12-10-8-6-2/h19-22,42H,5-18,23-41H2,1-4H3. The van der Waals surface area contributed by atoms with E-state index in [0.29, 0.717) is 0 Å². The molecule has 1 unspecified atom stereocenters. The van der Waals surface area contributed by atoms with Gasteiger partial charge in [0.25, 0.3) is 0 Å². The van der Waals surface area contributed by atoms with Gasteiger partial charge in [-0.05, 0) is 84.7 Å². The van der Waals surface area contributed by atoms with Crippen LogP contribution in [0.3, 0.4) is 0 Å². The van der Waals surface area contributed by atoms with Gasteiger partial charge in [0.2, 0.25) is 0 Å². The van der Waals surface area contributed by atoms with Crippen molar-refractivity contribution in [1.29, 1.82) is 0 Å². The molecule has 0 saturated carbocycles. The van der Waals surface area contributed by atoms with Crippen LogP contribution < -0.4 is 0 Å².